The van der Waals surface area contributed by atoms with Gasteiger partial charge in [-0.1, -0.05) is 29.8 Å². The average molecular weight is 543 g/mol. The van der Waals surface area contributed by atoms with Crippen LogP contribution >= 0.6 is 11.6 Å². The van der Waals surface area contributed by atoms with Crippen molar-refractivity contribution in [2.45, 2.75) is 26.4 Å². The van der Waals surface area contributed by atoms with Crippen LogP contribution in [-0.4, -0.2) is 66.4 Å². The summed E-state index contributed by atoms with van der Waals surface area (Å²) in [5, 5.41) is 13.1. The summed E-state index contributed by atoms with van der Waals surface area (Å²) in [5.41, 5.74) is 7.56. The predicted octanol–water partition coefficient (Wildman–Crippen LogP) is 3.42. The van der Waals surface area contributed by atoms with Gasteiger partial charge in [-0.2, -0.15) is 15.0 Å². The topological polar surface area (TPSA) is 148 Å². The van der Waals surface area contributed by atoms with Crippen LogP contribution in [0.5, 0.6) is 0 Å². The lowest BCUT2D eigenvalue weighted by atomic mass is 10.2. The first-order valence-corrected chi connectivity index (χ1v) is 12.8. The summed E-state index contributed by atoms with van der Waals surface area (Å²) in [6.45, 7) is 7.20. The number of nitrogens with zero attached hydrogens (tertiary/aromatic N) is 3. The molecule has 0 aliphatic carbocycles. The molecule has 0 aliphatic heterocycles. The number of ether oxygens (including phenoxy) is 2. The first-order valence-electron chi connectivity index (χ1n) is 12.4. The number of anilines is 4. The summed E-state index contributed by atoms with van der Waals surface area (Å²) in [4.78, 5) is 26.0. The van der Waals surface area contributed by atoms with E-state index in [9.17, 15) is 4.79 Å². The molecular weight excluding hydrogens is 508 g/mol. The van der Waals surface area contributed by atoms with Crippen molar-refractivity contribution in [2.24, 2.45) is 5.73 Å². The van der Waals surface area contributed by atoms with Gasteiger partial charge in [0.15, 0.2) is 0 Å². The predicted molar refractivity (Wildman–Crippen MR) is 150 cm³/mol. The van der Waals surface area contributed by atoms with E-state index in [1.165, 1.54) is 0 Å². The molecule has 38 heavy (non-hydrogen) atoms. The van der Waals surface area contributed by atoms with E-state index < -0.39 is 0 Å². The van der Waals surface area contributed by atoms with Crippen LogP contribution in [0.3, 0.4) is 0 Å². The zero-order valence-corrected chi connectivity index (χ0v) is 22.4. The number of aromatic nitrogens is 3. The Morgan fingerprint density at radius 3 is 2.39 bits per heavy atom. The Morgan fingerprint density at radius 2 is 1.66 bits per heavy atom. The molecule has 0 aliphatic rings. The molecule has 2 aromatic carbocycles. The van der Waals surface area contributed by atoms with Gasteiger partial charge in [0.05, 0.1) is 26.4 Å². The third kappa shape index (κ3) is 10.5. The standard InChI is InChI=1S/C26H35ClN8O3/c1-18(2)31-25-33-24(30-17-19-6-8-21(27)9-7-19)34-26(35-25)32-22-5-3-4-20(16-22)23(36)29-11-13-38-15-14-37-12-10-28/h3-9,16,18H,10-15,17,28H2,1-2H3,(H,29,36)(H3,30,31,32,33,34,35). The average Bonchev–Trinajstić information content (AvgIpc) is 2.89. The monoisotopic (exact) mass is 542 g/mol. The first-order chi connectivity index (χ1) is 18.4. The van der Waals surface area contributed by atoms with Crippen molar-refractivity contribution in [3.8, 4) is 0 Å². The van der Waals surface area contributed by atoms with Gasteiger partial charge < -0.3 is 36.5 Å². The summed E-state index contributed by atoms with van der Waals surface area (Å²) in [6, 6.07) is 14.8. The fourth-order valence-electron chi connectivity index (χ4n) is 3.23. The Bertz CT molecular complexity index is 1150. The molecule has 12 heteroatoms. The molecule has 0 atom stereocenters. The van der Waals surface area contributed by atoms with Gasteiger partial charge in [-0.05, 0) is 49.7 Å². The molecule has 0 unspecified atom stereocenters. The van der Waals surface area contributed by atoms with Gasteiger partial charge in [0, 0.05) is 41.9 Å². The van der Waals surface area contributed by atoms with E-state index in [0.29, 0.717) is 80.2 Å². The SMILES string of the molecule is CC(C)Nc1nc(NCc2ccc(Cl)cc2)nc(Nc2cccc(C(=O)NCCOCCOCCN)c2)n1. The summed E-state index contributed by atoms with van der Waals surface area (Å²) < 4.78 is 10.7. The Balaban J connectivity index is 1.59. The van der Waals surface area contributed by atoms with Crippen molar-refractivity contribution in [2.75, 3.05) is 55.5 Å². The molecule has 11 nitrogen and oxygen atoms in total. The van der Waals surface area contributed by atoms with E-state index in [2.05, 4.69) is 36.2 Å². The number of nitrogens with one attached hydrogen (secondary N) is 4. The molecule has 204 valence electrons. The second kappa shape index (κ2) is 15.7. The van der Waals surface area contributed by atoms with E-state index >= 15 is 0 Å². The van der Waals surface area contributed by atoms with Crippen LogP contribution in [0.1, 0.15) is 29.8 Å². The van der Waals surface area contributed by atoms with Crippen molar-refractivity contribution in [3.63, 3.8) is 0 Å². The highest BCUT2D eigenvalue weighted by atomic mass is 35.5. The second-order valence-corrected chi connectivity index (χ2v) is 9.00. The number of benzene rings is 2. The maximum absolute atomic E-state index is 12.6. The maximum atomic E-state index is 12.6. The van der Waals surface area contributed by atoms with Gasteiger partial charge in [0.25, 0.3) is 5.91 Å². The Morgan fingerprint density at radius 1 is 0.947 bits per heavy atom. The minimum atomic E-state index is -0.209. The van der Waals surface area contributed by atoms with Crippen LogP contribution in [0.4, 0.5) is 23.5 Å². The molecule has 6 N–H and O–H groups in total. The number of rotatable bonds is 16. The van der Waals surface area contributed by atoms with E-state index in [1.54, 1.807) is 18.2 Å². The third-order valence-corrected chi connectivity index (χ3v) is 5.22. The van der Waals surface area contributed by atoms with E-state index in [4.69, 9.17) is 26.8 Å². The molecule has 0 saturated heterocycles. The van der Waals surface area contributed by atoms with Crippen LogP contribution in [0.15, 0.2) is 48.5 Å². The zero-order valence-electron chi connectivity index (χ0n) is 21.7. The van der Waals surface area contributed by atoms with Crippen molar-refractivity contribution >= 4 is 41.0 Å². The fraction of sp³-hybridized carbons (Fsp3) is 0.385. The normalized spacial score (nSPS) is 10.9. The Labute approximate surface area is 227 Å². The molecule has 0 saturated carbocycles. The largest absolute Gasteiger partial charge is 0.378 e. The minimum absolute atomic E-state index is 0.129. The quantitative estimate of drug-likeness (QED) is 0.170. The van der Waals surface area contributed by atoms with Crippen molar-refractivity contribution < 1.29 is 14.3 Å². The molecular formula is C26H35ClN8O3. The van der Waals surface area contributed by atoms with Crippen LogP contribution in [0, 0.1) is 0 Å². The lowest BCUT2D eigenvalue weighted by molar-refractivity contribution is 0.0511. The Hall–Kier alpha value is -3.51. The molecule has 0 radical (unpaired) electrons. The number of amides is 1. The lowest BCUT2D eigenvalue weighted by Gasteiger charge is -2.13. The molecule has 3 aromatic rings. The smallest absolute Gasteiger partial charge is 0.251 e. The van der Waals surface area contributed by atoms with Gasteiger partial charge in [-0.3, -0.25) is 4.79 Å². The summed E-state index contributed by atoms with van der Waals surface area (Å²) in [5.74, 6) is 0.964. The first kappa shape index (κ1) is 29.1. The van der Waals surface area contributed by atoms with Crippen LogP contribution in [0.25, 0.3) is 0 Å². The third-order valence-electron chi connectivity index (χ3n) is 4.96. The molecule has 0 fully saturated rings. The second-order valence-electron chi connectivity index (χ2n) is 8.56. The summed E-state index contributed by atoms with van der Waals surface area (Å²) in [7, 11) is 0. The number of carbonyl (C=O) groups is 1. The van der Waals surface area contributed by atoms with Gasteiger partial charge >= 0.3 is 0 Å². The molecule has 0 bridgehead atoms. The molecule has 3 rings (SSSR count). The number of carbonyl (C=O) groups excluding carboxylic acids is 1. The number of halogens is 1. The van der Waals surface area contributed by atoms with Crippen molar-refractivity contribution in [3.05, 3.63) is 64.7 Å². The lowest BCUT2D eigenvalue weighted by Crippen LogP contribution is -2.27. The van der Waals surface area contributed by atoms with Crippen LogP contribution < -0.4 is 27.0 Å². The molecule has 1 aromatic heterocycles. The summed E-state index contributed by atoms with van der Waals surface area (Å²) >= 11 is 5.98. The van der Waals surface area contributed by atoms with Gasteiger partial charge in [0.2, 0.25) is 17.8 Å². The van der Waals surface area contributed by atoms with E-state index in [1.807, 2.05) is 44.2 Å². The van der Waals surface area contributed by atoms with Gasteiger partial charge in [-0.15, -0.1) is 0 Å². The van der Waals surface area contributed by atoms with E-state index in [-0.39, 0.29) is 11.9 Å². The van der Waals surface area contributed by atoms with Gasteiger partial charge in [-0.25, -0.2) is 0 Å². The number of hydrogen-bond donors (Lipinski definition) is 5. The summed E-state index contributed by atoms with van der Waals surface area (Å²) in [6.07, 6.45) is 0. The highest BCUT2D eigenvalue weighted by molar-refractivity contribution is 6.30. The Kier molecular flexibility index (Phi) is 12.0. The maximum Gasteiger partial charge on any atom is 0.251 e. The highest BCUT2D eigenvalue weighted by Gasteiger charge is 2.10. The van der Waals surface area contributed by atoms with Crippen LogP contribution in [-0.2, 0) is 16.0 Å². The molecule has 1 heterocycles. The minimum Gasteiger partial charge on any atom is -0.378 e. The number of nitrogens with two attached hydrogens (primary N) is 1. The van der Waals surface area contributed by atoms with Crippen LogP contribution in [0.2, 0.25) is 5.02 Å². The zero-order chi connectivity index (χ0) is 27.2. The number of hydrogen-bond acceptors (Lipinski definition) is 10. The molecule has 1 amide bonds. The van der Waals surface area contributed by atoms with Crippen molar-refractivity contribution in [1.82, 2.24) is 20.3 Å². The highest BCUT2D eigenvalue weighted by Crippen LogP contribution is 2.18. The van der Waals surface area contributed by atoms with Crippen molar-refractivity contribution in [1.29, 1.82) is 0 Å². The fourth-order valence-corrected chi connectivity index (χ4v) is 3.35. The molecule has 0 spiro atoms. The van der Waals surface area contributed by atoms with E-state index in [0.717, 1.165) is 5.56 Å². The van der Waals surface area contributed by atoms with Gasteiger partial charge in [0.1, 0.15) is 0 Å².